The molecule has 1 nitrogen and oxygen atoms in total. The van der Waals surface area contributed by atoms with Crippen molar-refractivity contribution in [3.8, 4) is 0 Å². The van der Waals surface area contributed by atoms with Crippen LogP contribution in [0.25, 0.3) is 0 Å². The summed E-state index contributed by atoms with van der Waals surface area (Å²) in [6.45, 7) is 0.797. The first-order chi connectivity index (χ1) is 11.9. The van der Waals surface area contributed by atoms with Crippen LogP contribution in [0.2, 0.25) is 0 Å². The largest absolute Gasteiger partial charge is 0.330 e. The Balaban J connectivity index is 0.000000368. The second-order valence-electron chi connectivity index (χ2n) is 5.17. The molecule has 0 fully saturated rings. The average Bonchev–Trinajstić information content (AvgIpc) is 2.66. The summed E-state index contributed by atoms with van der Waals surface area (Å²) < 4.78 is 0. The van der Waals surface area contributed by atoms with E-state index >= 15 is 0 Å². The molecule has 3 heteroatoms. The van der Waals surface area contributed by atoms with Crippen LogP contribution in [0.1, 0.15) is 6.42 Å². The van der Waals surface area contributed by atoms with Crippen molar-refractivity contribution in [2.45, 2.75) is 6.42 Å². The summed E-state index contributed by atoms with van der Waals surface area (Å²) in [5, 5.41) is 5.23. The second kappa shape index (κ2) is 11.1. The smallest absolute Gasteiger partial charge is 0.00433 e. The first-order valence-electron chi connectivity index (χ1n) is 8.08. The molecule has 0 aliphatic rings. The molecular formula is C21H23BrNP. The molecule has 0 aliphatic heterocycles. The number of benzene rings is 3. The van der Waals surface area contributed by atoms with Crippen molar-refractivity contribution in [3.63, 3.8) is 0 Å². The van der Waals surface area contributed by atoms with Crippen LogP contribution >= 0.6 is 23.9 Å². The van der Waals surface area contributed by atoms with Crippen LogP contribution in [-0.4, -0.2) is 11.9 Å². The summed E-state index contributed by atoms with van der Waals surface area (Å²) in [6, 6.07) is 32.3. The quantitative estimate of drug-likeness (QED) is 0.505. The minimum absolute atomic E-state index is 0.446. The Hall–Kier alpha value is -1.47. The van der Waals surface area contributed by atoms with Gasteiger partial charge < -0.3 is 5.73 Å². The second-order valence-corrected chi connectivity index (χ2v) is 8.19. The monoisotopic (exact) mass is 399 g/mol. The fourth-order valence-corrected chi connectivity index (χ4v) is 4.88. The van der Waals surface area contributed by atoms with E-state index in [0.717, 1.165) is 18.3 Å². The minimum atomic E-state index is -0.446. The van der Waals surface area contributed by atoms with Gasteiger partial charge in [-0.2, -0.15) is 0 Å². The average molecular weight is 400 g/mol. The van der Waals surface area contributed by atoms with E-state index in [-0.39, 0.29) is 0 Å². The molecule has 0 unspecified atom stereocenters. The molecule has 0 spiro atoms. The van der Waals surface area contributed by atoms with Gasteiger partial charge in [0, 0.05) is 5.33 Å². The molecule has 0 saturated heterocycles. The van der Waals surface area contributed by atoms with Crippen molar-refractivity contribution in [3.05, 3.63) is 91.0 Å². The van der Waals surface area contributed by atoms with Crippen molar-refractivity contribution in [1.82, 2.24) is 0 Å². The summed E-state index contributed by atoms with van der Waals surface area (Å²) >= 11 is 3.23. The molecule has 3 rings (SSSR count). The molecule has 0 aliphatic carbocycles. The molecule has 2 N–H and O–H groups in total. The summed E-state index contributed by atoms with van der Waals surface area (Å²) in [5.41, 5.74) is 5.11. The Morgan fingerprint density at radius 3 is 1.17 bits per heavy atom. The predicted octanol–water partition coefficient (Wildman–Crippen LogP) is 4.17. The van der Waals surface area contributed by atoms with E-state index in [4.69, 9.17) is 5.73 Å². The topological polar surface area (TPSA) is 26.0 Å². The number of alkyl halides is 1. The maximum atomic E-state index is 5.11. The lowest BCUT2D eigenvalue weighted by Gasteiger charge is -2.18. The van der Waals surface area contributed by atoms with Crippen LogP contribution < -0.4 is 21.6 Å². The Labute approximate surface area is 154 Å². The predicted molar refractivity (Wildman–Crippen MR) is 113 cm³/mol. The zero-order chi connectivity index (χ0) is 17.0. The highest BCUT2D eigenvalue weighted by molar-refractivity contribution is 9.09. The van der Waals surface area contributed by atoms with Gasteiger partial charge in [-0.25, -0.2) is 0 Å². The fraction of sp³-hybridized carbons (Fsp3) is 0.143. The van der Waals surface area contributed by atoms with Gasteiger partial charge in [0.05, 0.1) is 0 Å². The van der Waals surface area contributed by atoms with Crippen molar-refractivity contribution in [2.75, 3.05) is 11.9 Å². The van der Waals surface area contributed by atoms with Gasteiger partial charge in [0.2, 0.25) is 0 Å². The summed E-state index contributed by atoms with van der Waals surface area (Å²) in [7, 11) is -0.446. The number of hydrogen-bond donors (Lipinski definition) is 1. The van der Waals surface area contributed by atoms with E-state index in [1.807, 2.05) is 0 Å². The lowest BCUT2D eigenvalue weighted by Crippen LogP contribution is -2.20. The molecular weight excluding hydrogens is 377 g/mol. The van der Waals surface area contributed by atoms with E-state index in [9.17, 15) is 0 Å². The molecule has 0 radical (unpaired) electrons. The summed E-state index contributed by atoms with van der Waals surface area (Å²) in [4.78, 5) is 0. The van der Waals surface area contributed by atoms with E-state index in [1.165, 1.54) is 15.9 Å². The van der Waals surface area contributed by atoms with Gasteiger partial charge in [-0.3, -0.25) is 0 Å². The van der Waals surface area contributed by atoms with Crippen LogP contribution in [0.15, 0.2) is 91.0 Å². The van der Waals surface area contributed by atoms with E-state index in [2.05, 4.69) is 107 Å². The third kappa shape index (κ3) is 5.87. The highest BCUT2D eigenvalue weighted by atomic mass is 79.9. The molecule has 3 aromatic carbocycles. The van der Waals surface area contributed by atoms with Gasteiger partial charge in [0.1, 0.15) is 0 Å². The number of halogens is 1. The van der Waals surface area contributed by atoms with Gasteiger partial charge >= 0.3 is 0 Å². The Kier molecular flexibility index (Phi) is 8.76. The molecule has 0 bridgehead atoms. The van der Waals surface area contributed by atoms with Gasteiger partial charge in [0.25, 0.3) is 0 Å². The minimum Gasteiger partial charge on any atom is -0.330 e. The molecule has 124 valence electrons. The SMILES string of the molecule is NCCCBr.c1ccc(P(c2ccccc2)c2ccccc2)cc1. The molecule has 0 atom stereocenters. The Bertz CT molecular complexity index is 578. The lowest BCUT2D eigenvalue weighted by molar-refractivity contribution is 0.949. The Morgan fingerprint density at radius 1 is 0.625 bits per heavy atom. The lowest BCUT2D eigenvalue weighted by atomic mass is 10.4. The molecule has 24 heavy (non-hydrogen) atoms. The van der Waals surface area contributed by atoms with Gasteiger partial charge in [-0.1, -0.05) is 107 Å². The van der Waals surface area contributed by atoms with Gasteiger partial charge in [-0.15, -0.1) is 0 Å². The van der Waals surface area contributed by atoms with Crippen LogP contribution in [0, 0.1) is 0 Å². The number of rotatable bonds is 5. The number of hydrogen-bond acceptors (Lipinski definition) is 1. The van der Waals surface area contributed by atoms with E-state index < -0.39 is 7.92 Å². The summed E-state index contributed by atoms with van der Waals surface area (Å²) in [5.74, 6) is 0. The molecule has 3 aromatic rings. The van der Waals surface area contributed by atoms with Crippen LogP contribution in [0.3, 0.4) is 0 Å². The highest BCUT2D eigenvalue weighted by Crippen LogP contribution is 2.32. The van der Waals surface area contributed by atoms with E-state index in [0.29, 0.717) is 0 Å². The van der Waals surface area contributed by atoms with Crippen LogP contribution in [-0.2, 0) is 0 Å². The first kappa shape index (κ1) is 18.9. The zero-order valence-corrected chi connectivity index (χ0v) is 16.2. The third-order valence-electron chi connectivity index (χ3n) is 3.38. The molecule has 0 amide bonds. The first-order valence-corrected chi connectivity index (χ1v) is 10.5. The van der Waals surface area contributed by atoms with Gasteiger partial charge in [0.15, 0.2) is 0 Å². The standard InChI is InChI=1S/C18H15P.C3H8BrN/c1-4-10-16(11-5-1)19(17-12-6-2-7-13-17)18-14-8-3-9-15-18;4-2-1-3-5/h1-15H;1-3,5H2. The van der Waals surface area contributed by atoms with Crippen molar-refractivity contribution >= 4 is 39.8 Å². The maximum absolute atomic E-state index is 5.11. The maximum Gasteiger partial charge on any atom is 0.00433 e. The van der Waals surface area contributed by atoms with Crippen molar-refractivity contribution in [1.29, 1.82) is 0 Å². The Morgan fingerprint density at radius 2 is 0.958 bits per heavy atom. The normalized spacial score (nSPS) is 10.1. The van der Waals surface area contributed by atoms with Gasteiger partial charge in [-0.05, 0) is 36.8 Å². The van der Waals surface area contributed by atoms with E-state index in [1.54, 1.807) is 0 Å². The fourth-order valence-electron chi connectivity index (χ4n) is 2.26. The molecule has 0 heterocycles. The third-order valence-corrected chi connectivity index (χ3v) is 6.39. The van der Waals surface area contributed by atoms with Crippen molar-refractivity contribution < 1.29 is 0 Å². The van der Waals surface area contributed by atoms with Crippen LogP contribution in [0.4, 0.5) is 0 Å². The van der Waals surface area contributed by atoms with Crippen molar-refractivity contribution in [2.24, 2.45) is 5.73 Å². The summed E-state index contributed by atoms with van der Waals surface area (Å²) in [6.07, 6.45) is 1.08. The van der Waals surface area contributed by atoms with Crippen LogP contribution in [0.5, 0.6) is 0 Å². The highest BCUT2D eigenvalue weighted by Gasteiger charge is 2.14. The number of nitrogens with two attached hydrogens (primary N) is 1. The zero-order valence-electron chi connectivity index (χ0n) is 13.7. The molecule has 0 aromatic heterocycles. The molecule has 0 saturated carbocycles.